The molecule has 0 aromatic carbocycles. The fourth-order valence-corrected chi connectivity index (χ4v) is 2.34. The normalized spacial score (nSPS) is 14.2. The van der Waals surface area contributed by atoms with E-state index in [-0.39, 0.29) is 23.5 Å². The topological polar surface area (TPSA) is 84.5 Å². The molecule has 0 fully saturated rings. The van der Waals surface area contributed by atoms with Gasteiger partial charge in [0.2, 0.25) is 5.91 Å². The SMILES string of the molecule is CCCCC(=O)[C@@H](NC(=O)C(NC(=O)OC(C)(C)C)C(C)C)C(C)C. The molecule has 2 amide bonds. The van der Waals surface area contributed by atoms with Crippen LogP contribution in [-0.2, 0) is 14.3 Å². The van der Waals surface area contributed by atoms with Crippen molar-refractivity contribution < 1.29 is 19.1 Å². The second kappa shape index (κ2) is 10.4. The highest BCUT2D eigenvalue weighted by molar-refractivity contribution is 5.92. The number of ether oxygens (including phenoxy) is 1. The maximum Gasteiger partial charge on any atom is 0.408 e. The summed E-state index contributed by atoms with van der Waals surface area (Å²) in [5, 5.41) is 5.43. The summed E-state index contributed by atoms with van der Waals surface area (Å²) in [4.78, 5) is 37.0. The number of rotatable bonds is 9. The first-order valence-corrected chi connectivity index (χ1v) is 9.21. The molecule has 6 heteroatoms. The molecule has 1 unspecified atom stereocenters. The van der Waals surface area contributed by atoms with Crippen LogP contribution in [-0.4, -0.2) is 35.5 Å². The number of amides is 2. The summed E-state index contributed by atoms with van der Waals surface area (Å²) in [6, 6.07) is -1.30. The first-order chi connectivity index (χ1) is 11.4. The lowest BCUT2D eigenvalue weighted by atomic mass is 9.95. The van der Waals surface area contributed by atoms with Crippen LogP contribution in [0.1, 0.15) is 74.7 Å². The second-order valence-corrected chi connectivity index (χ2v) is 8.17. The number of hydrogen-bond donors (Lipinski definition) is 2. The largest absolute Gasteiger partial charge is 0.444 e. The van der Waals surface area contributed by atoms with E-state index < -0.39 is 23.8 Å². The van der Waals surface area contributed by atoms with Crippen LogP contribution in [0.3, 0.4) is 0 Å². The van der Waals surface area contributed by atoms with Crippen molar-refractivity contribution in [1.82, 2.24) is 10.6 Å². The minimum absolute atomic E-state index is 0.0114. The zero-order valence-corrected chi connectivity index (χ0v) is 17.1. The Bertz CT molecular complexity index is 453. The fraction of sp³-hybridized carbons (Fsp3) is 0.842. The Hall–Kier alpha value is -1.59. The van der Waals surface area contributed by atoms with E-state index in [0.717, 1.165) is 12.8 Å². The number of ketones is 1. The average Bonchev–Trinajstić information content (AvgIpc) is 2.45. The maximum absolute atomic E-state index is 12.6. The smallest absolute Gasteiger partial charge is 0.408 e. The van der Waals surface area contributed by atoms with Crippen LogP contribution in [0.5, 0.6) is 0 Å². The number of Topliss-reactive ketones (excluding diaryl/α,β-unsaturated/α-hetero) is 1. The number of carbonyl (C=O) groups excluding carboxylic acids is 3. The Morgan fingerprint density at radius 1 is 0.920 bits per heavy atom. The maximum atomic E-state index is 12.6. The van der Waals surface area contributed by atoms with Crippen LogP contribution in [0, 0.1) is 11.8 Å². The number of nitrogens with one attached hydrogen (secondary N) is 2. The molecule has 0 aromatic rings. The molecule has 146 valence electrons. The summed E-state index contributed by atoms with van der Waals surface area (Å²) in [5.74, 6) is -0.469. The number of carbonyl (C=O) groups is 3. The van der Waals surface area contributed by atoms with E-state index in [0.29, 0.717) is 6.42 Å². The van der Waals surface area contributed by atoms with Crippen molar-refractivity contribution in [1.29, 1.82) is 0 Å². The van der Waals surface area contributed by atoms with Gasteiger partial charge in [-0.25, -0.2) is 4.79 Å². The van der Waals surface area contributed by atoms with Crippen LogP contribution in [0.15, 0.2) is 0 Å². The van der Waals surface area contributed by atoms with Gasteiger partial charge in [-0.05, 0) is 39.0 Å². The molecule has 2 N–H and O–H groups in total. The van der Waals surface area contributed by atoms with Crippen LogP contribution in [0.4, 0.5) is 4.79 Å². The van der Waals surface area contributed by atoms with Gasteiger partial charge in [-0.2, -0.15) is 0 Å². The zero-order valence-electron chi connectivity index (χ0n) is 17.1. The molecular formula is C19H36N2O4. The Morgan fingerprint density at radius 3 is 1.84 bits per heavy atom. The number of unbranched alkanes of at least 4 members (excludes halogenated alkanes) is 1. The van der Waals surface area contributed by atoms with E-state index in [9.17, 15) is 14.4 Å². The van der Waals surface area contributed by atoms with E-state index in [1.54, 1.807) is 20.8 Å². The fourth-order valence-electron chi connectivity index (χ4n) is 2.34. The Labute approximate surface area is 152 Å². The van der Waals surface area contributed by atoms with Crippen LogP contribution < -0.4 is 10.6 Å². The molecule has 2 atom stereocenters. The Morgan fingerprint density at radius 2 is 1.44 bits per heavy atom. The molecule has 0 spiro atoms. The lowest BCUT2D eigenvalue weighted by Gasteiger charge is -2.28. The summed E-state index contributed by atoms with van der Waals surface area (Å²) in [6.07, 6.45) is 1.55. The van der Waals surface area contributed by atoms with E-state index in [2.05, 4.69) is 10.6 Å². The van der Waals surface area contributed by atoms with Crippen molar-refractivity contribution in [2.75, 3.05) is 0 Å². The molecule has 0 aliphatic rings. The number of alkyl carbamates (subject to hydrolysis) is 1. The average molecular weight is 357 g/mol. The molecule has 0 aliphatic carbocycles. The van der Waals surface area contributed by atoms with Gasteiger partial charge in [0.15, 0.2) is 5.78 Å². The Kier molecular flexibility index (Phi) is 9.75. The monoisotopic (exact) mass is 356 g/mol. The van der Waals surface area contributed by atoms with E-state index in [4.69, 9.17) is 4.74 Å². The van der Waals surface area contributed by atoms with Crippen molar-refractivity contribution >= 4 is 17.8 Å². The molecule has 0 heterocycles. The lowest BCUT2D eigenvalue weighted by molar-refractivity contribution is -0.130. The van der Waals surface area contributed by atoms with Crippen molar-refractivity contribution in [3.8, 4) is 0 Å². The molecule has 0 saturated carbocycles. The standard InChI is InChI=1S/C19H36N2O4/c1-9-10-11-14(22)15(12(2)3)20-17(23)16(13(4)5)21-18(24)25-19(6,7)8/h12-13,15-16H,9-11H2,1-8H3,(H,20,23)(H,21,24)/t15-,16?/m0/s1. The summed E-state index contributed by atoms with van der Waals surface area (Å²) in [7, 11) is 0. The van der Waals surface area contributed by atoms with Crippen molar-refractivity contribution in [3.63, 3.8) is 0 Å². The highest BCUT2D eigenvalue weighted by Crippen LogP contribution is 2.12. The van der Waals surface area contributed by atoms with Gasteiger partial charge in [0.05, 0.1) is 6.04 Å². The summed E-state index contributed by atoms with van der Waals surface area (Å²) in [6.45, 7) is 14.8. The van der Waals surface area contributed by atoms with Crippen molar-refractivity contribution in [2.24, 2.45) is 11.8 Å². The van der Waals surface area contributed by atoms with Gasteiger partial charge in [0, 0.05) is 6.42 Å². The zero-order chi connectivity index (χ0) is 19.8. The van der Waals surface area contributed by atoms with E-state index in [1.165, 1.54) is 0 Å². The predicted molar refractivity (Wildman–Crippen MR) is 99.3 cm³/mol. The van der Waals surface area contributed by atoms with Crippen LogP contribution >= 0.6 is 0 Å². The van der Waals surface area contributed by atoms with E-state index >= 15 is 0 Å². The van der Waals surface area contributed by atoms with Gasteiger partial charge < -0.3 is 15.4 Å². The highest BCUT2D eigenvalue weighted by atomic mass is 16.6. The van der Waals surface area contributed by atoms with Gasteiger partial charge in [0.25, 0.3) is 0 Å². The van der Waals surface area contributed by atoms with Gasteiger partial charge in [-0.15, -0.1) is 0 Å². The first-order valence-electron chi connectivity index (χ1n) is 9.21. The molecular weight excluding hydrogens is 320 g/mol. The van der Waals surface area contributed by atoms with Crippen LogP contribution in [0.2, 0.25) is 0 Å². The molecule has 25 heavy (non-hydrogen) atoms. The number of hydrogen-bond acceptors (Lipinski definition) is 4. The molecule has 0 saturated heterocycles. The minimum Gasteiger partial charge on any atom is -0.444 e. The van der Waals surface area contributed by atoms with Crippen molar-refractivity contribution in [2.45, 2.75) is 92.3 Å². The molecule has 0 aliphatic heterocycles. The predicted octanol–water partition coefficient (Wildman–Crippen LogP) is 3.44. The lowest BCUT2D eigenvalue weighted by Crippen LogP contribution is -2.55. The Balaban J connectivity index is 5.01. The highest BCUT2D eigenvalue weighted by Gasteiger charge is 2.31. The van der Waals surface area contributed by atoms with E-state index in [1.807, 2.05) is 34.6 Å². The second-order valence-electron chi connectivity index (χ2n) is 8.17. The van der Waals surface area contributed by atoms with Crippen LogP contribution in [0.25, 0.3) is 0 Å². The summed E-state index contributed by atoms with van der Waals surface area (Å²) < 4.78 is 5.22. The quantitative estimate of drug-likeness (QED) is 0.663. The minimum atomic E-state index is -0.755. The van der Waals surface area contributed by atoms with Gasteiger partial charge in [-0.3, -0.25) is 9.59 Å². The molecule has 6 nitrogen and oxygen atoms in total. The molecule has 0 aromatic heterocycles. The van der Waals surface area contributed by atoms with Gasteiger partial charge in [-0.1, -0.05) is 41.0 Å². The van der Waals surface area contributed by atoms with Gasteiger partial charge in [0.1, 0.15) is 11.6 Å². The third-order valence-electron chi connectivity index (χ3n) is 3.71. The molecule has 0 radical (unpaired) electrons. The third-order valence-corrected chi connectivity index (χ3v) is 3.71. The first kappa shape index (κ1) is 23.4. The summed E-state index contributed by atoms with van der Waals surface area (Å²) >= 11 is 0. The van der Waals surface area contributed by atoms with Crippen molar-refractivity contribution in [3.05, 3.63) is 0 Å². The summed E-state index contributed by atoms with van der Waals surface area (Å²) in [5.41, 5.74) is -0.640. The molecule has 0 rings (SSSR count). The third kappa shape index (κ3) is 9.46. The molecule has 0 bridgehead atoms. The van der Waals surface area contributed by atoms with Gasteiger partial charge >= 0.3 is 6.09 Å².